The third-order valence-corrected chi connectivity index (χ3v) is 13.2. The smallest absolute Gasteiger partial charge is 0.206 e. The van der Waals surface area contributed by atoms with Gasteiger partial charge in [0.25, 0.3) is 0 Å². The summed E-state index contributed by atoms with van der Waals surface area (Å²) in [6, 6.07) is 10.6. The minimum atomic E-state index is -1.97. The lowest BCUT2D eigenvalue weighted by molar-refractivity contribution is 0.171. The largest absolute Gasteiger partial charge is 0.412 e. The van der Waals surface area contributed by atoms with E-state index in [0.717, 1.165) is 6.42 Å². The van der Waals surface area contributed by atoms with Crippen LogP contribution in [0.5, 0.6) is 0 Å². The molecule has 134 valence electrons. The molecule has 24 heavy (non-hydrogen) atoms. The average Bonchev–Trinajstić information content (AvgIpc) is 2.73. The quantitative estimate of drug-likeness (QED) is 0.533. The van der Waals surface area contributed by atoms with Gasteiger partial charge in [0, 0.05) is 0 Å². The van der Waals surface area contributed by atoms with Crippen LogP contribution < -0.4 is 0 Å². The van der Waals surface area contributed by atoms with Crippen molar-refractivity contribution in [3.05, 3.63) is 42.5 Å². The molecule has 1 aliphatic rings. The van der Waals surface area contributed by atoms with E-state index in [4.69, 9.17) is 4.43 Å². The Morgan fingerprint density at radius 2 is 1.50 bits per heavy atom. The van der Waals surface area contributed by atoms with Crippen LogP contribution in [0.25, 0.3) is 5.57 Å². The van der Waals surface area contributed by atoms with Crippen molar-refractivity contribution in [1.82, 2.24) is 0 Å². The van der Waals surface area contributed by atoms with E-state index in [2.05, 4.69) is 92.3 Å². The second-order valence-electron chi connectivity index (χ2n) is 9.71. The Morgan fingerprint density at radius 3 is 1.92 bits per heavy atom. The molecule has 0 radical (unpaired) electrons. The molecule has 0 saturated carbocycles. The van der Waals surface area contributed by atoms with Crippen LogP contribution in [-0.2, 0) is 4.43 Å². The maximum Gasteiger partial charge on any atom is 0.206 e. The Morgan fingerprint density at radius 1 is 1.00 bits per heavy atom. The summed E-state index contributed by atoms with van der Waals surface area (Å²) in [7, 11) is -1.97. The molecule has 3 atom stereocenters. The average molecular weight is 345 g/mol. The van der Waals surface area contributed by atoms with Gasteiger partial charge in [-0.3, -0.25) is 0 Å². The van der Waals surface area contributed by atoms with Gasteiger partial charge in [-0.25, -0.2) is 0 Å². The fraction of sp³-hybridized carbons (Fsp3) is 0.636. The molecule has 0 unspecified atom stereocenters. The van der Waals surface area contributed by atoms with Crippen LogP contribution in [-0.4, -0.2) is 14.4 Å². The van der Waals surface area contributed by atoms with Crippen LogP contribution in [0.3, 0.4) is 0 Å². The Balaban J connectivity index is 2.31. The second kappa shape index (κ2) is 6.46. The van der Waals surface area contributed by atoms with Crippen molar-refractivity contribution in [2.45, 2.75) is 83.5 Å². The summed E-state index contributed by atoms with van der Waals surface area (Å²) >= 11 is 0. The fourth-order valence-corrected chi connectivity index (χ4v) is 12.9. The molecular formula is C22H36OSi. The number of hydrogen-bond donors (Lipinski definition) is 0. The maximum atomic E-state index is 7.07. The first kappa shape index (κ1) is 19.5. The van der Waals surface area contributed by atoms with E-state index in [-0.39, 0.29) is 16.2 Å². The summed E-state index contributed by atoms with van der Waals surface area (Å²) in [5, 5.41) is 0.448. The van der Waals surface area contributed by atoms with Crippen molar-refractivity contribution in [3.8, 4) is 0 Å². The summed E-state index contributed by atoms with van der Waals surface area (Å²) in [5.41, 5.74) is 3.09. The SMILES string of the molecule is C=C(C[C@@H]1O[Si](C(C)(C)C)(C(C)(C)C)[C@H](C)[C@H]1C)c1ccccc1. The Labute approximate surface area is 150 Å². The molecule has 1 aromatic rings. The van der Waals surface area contributed by atoms with Gasteiger partial charge in [0.1, 0.15) is 0 Å². The minimum absolute atomic E-state index is 0.224. The monoisotopic (exact) mass is 344 g/mol. The third-order valence-electron chi connectivity index (χ3n) is 6.21. The molecule has 2 heteroatoms. The van der Waals surface area contributed by atoms with Crippen LogP contribution in [0.1, 0.15) is 67.4 Å². The molecule has 0 spiro atoms. The topological polar surface area (TPSA) is 9.23 Å². The lowest BCUT2D eigenvalue weighted by Gasteiger charge is -2.51. The first-order chi connectivity index (χ1) is 10.9. The zero-order valence-corrected chi connectivity index (χ0v) is 17.9. The number of benzene rings is 1. The molecule has 0 bridgehead atoms. The predicted octanol–water partition coefficient (Wildman–Crippen LogP) is 7.06. The van der Waals surface area contributed by atoms with E-state index in [9.17, 15) is 0 Å². The standard InChI is InChI=1S/C22H36OSi/c1-16(19-13-11-10-12-14-19)15-20-17(2)18(3)24(23-20,21(4,5)6)22(7,8)9/h10-14,17-18,20H,1,15H2,2-9H3/t17-,18-,20+/m1/s1. The summed E-state index contributed by atoms with van der Waals surface area (Å²) in [6.07, 6.45) is 1.23. The van der Waals surface area contributed by atoms with E-state index in [1.165, 1.54) is 11.1 Å². The minimum Gasteiger partial charge on any atom is -0.412 e. The molecule has 1 fully saturated rings. The summed E-state index contributed by atoms with van der Waals surface area (Å²) in [6.45, 7) is 23.5. The Hall–Kier alpha value is -0.863. The van der Waals surface area contributed by atoms with Crippen LogP contribution in [0.15, 0.2) is 36.9 Å². The van der Waals surface area contributed by atoms with Crippen LogP contribution >= 0.6 is 0 Å². The van der Waals surface area contributed by atoms with Crippen LogP contribution in [0, 0.1) is 5.92 Å². The molecule has 0 N–H and O–H groups in total. The molecule has 0 aliphatic carbocycles. The second-order valence-corrected chi connectivity index (χ2v) is 15.3. The summed E-state index contributed by atoms with van der Waals surface area (Å²) < 4.78 is 7.07. The van der Waals surface area contributed by atoms with E-state index in [0.29, 0.717) is 11.5 Å². The van der Waals surface area contributed by atoms with Gasteiger partial charge in [0.15, 0.2) is 0 Å². The normalized spacial score (nSPS) is 27.2. The van der Waals surface area contributed by atoms with Gasteiger partial charge in [-0.2, -0.15) is 0 Å². The lowest BCUT2D eigenvalue weighted by Crippen LogP contribution is -2.55. The first-order valence-electron chi connectivity index (χ1n) is 9.33. The Kier molecular flexibility index (Phi) is 5.24. The van der Waals surface area contributed by atoms with Gasteiger partial charge < -0.3 is 4.43 Å². The van der Waals surface area contributed by atoms with Gasteiger partial charge in [-0.1, -0.05) is 92.3 Å². The van der Waals surface area contributed by atoms with Gasteiger partial charge in [-0.15, -0.1) is 0 Å². The predicted molar refractivity (Wildman–Crippen MR) is 109 cm³/mol. The summed E-state index contributed by atoms with van der Waals surface area (Å²) in [4.78, 5) is 0. The number of hydrogen-bond acceptors (Lipinski definition) is 1. The molecule has 1 aromatic carbocycles. The highest BCUT2D eigenvalue weighted by atomic mass is 28.4. The van der Waals surface area contributed by atoms with Crippen molar-refractivity contribution in [3.63, 3.8) is 0 Å². The van der Waals surface area contributed by atoms with E-state index in [1.807, 2.05) is 0 Å². The van der Waals surface area contributed by atoms with Gasteiger partial charge in [-0.05, 0) is 39.1 Å². The highest BCUT2D eigenvalue weighted by Gasteiger charge is 2.64. The number of rotatable bonds is 3. The summed E-state index contributed by atoms with van der Waals surface area (Å²) in [5.74, 6) is 0.579. The Bertz CT molecular complexity index is 562. The van der Waals surface area contributed by atoms with Crippen LogP contribution in [0.2, 0.25) is 15.6 Å². The van der Waals surface area contributed by atoms with Gasteiger partial charge in [0.05, 0.1) is 6.10 Å². The van der Waals surface area contributed by atoms with Crippen molar-refractivity contribution in [2.75, 3.05) is 0 Å². The maximum absolute atomic E-state index is 7.07. The van der Waals surface area contributed by atoms with Crippen molar-refractivity contribution in [2.24, 2.45) is 5.92 Å². The zero-order chi connectivity index (χ0) is 18.3. The molecular weight excluding hydrogens is 308 g/mol. The molecule has 1 nitrogen and oxygen atoms in total. The molecule has 1 heterocycles. The highest BCUT2D eigenvalue weighted by Crippen LogP contribution is 2.64. The molecule has 0 aromatic heterocycles. The van der Waals surface area contributed by atoms with Crippen molar-refractivity contribution in [1.29, 1.82) is 0 Å². The molecule has 1 aliphatic heterocycles. The van der Waals surface area contributed by atoms with E-state index >= 15 is 0 Å². The molecule has 1 saturated heterocycles. The zero-order valence-electron chi connectivity index (χ0n) is 16.9. The first-order valence-corrected chi connectivity index (χ1v) is 11.3. The molecule has 2 rings (SSSR count). The lowest BCUT2D eigenvalue weighted by atomic mass is 9.93. The van der Waals surface area contributed by atoms with E-state index in [1.54, 1.807) is 0 Å². The fourth-order valence-electron chi connectivity index (χ4n) is 5.25. The van der Waals surface area contributed by atoms with Gasteiger partial charge >= 0.3 is 0 Å². The third kappa shape index (κ3) is 3.15. The van der Waals surface area contributed by atoms with E-state index < -0.39 is 8.32 Å². The van der Waals surface area contributed by atoms with Crippen molar-refractivity contribution >= 4 is 13.9 Å². The van der Waals surface area contributed by atoms with Gasteiger partial charge in [0.2, 0.25) is 8.32 Å². The molecule has 0 amide bonds. The van der Waals surface area contributed by atoms with Crippen molar-refractivity contribution < 1.29 is 4.43 Å². The highest BCUT2D eigenvalue weighted by molar-refractivity contribution is 6.81. The van der Waals surface area contributed by atoms with Crippen LogP contribution in [0.4, 0.5) is 0 Å².